The number of benzene rings is 1. The summed E-state index contributed by atoms with van der Waals surface area (Å²) in [6.07, 6.45) is 2.54. The molecule has 2 unspecified atom stereocenters. The molecule has 3 heterocycles. The van der Waals surface area contributed by atoms with E-state index in [9.17, 15) is 19.1 Å². The van der Waals surface area contributed by atoms with Crippen LogP contribution in [0.4, 0.5) is 4.39 Å². The van der Waals surface area contributed by atoms with Crippen molar-refractivity contribution in [2.75, 3.05) is 19.7 Å². The minimum Gasteiger partial charge on any atom is -0.493 e. The van der Waals surface area contributed by atoms with Gasteiger partial charge >= 0.3 is 0 Å². The first-order chi connectivity index (χ1) is 17.2. The largest absolute Gasteiger partial charge is 0.493 e. The number of fused-ring (bicyclic) bond motifs is 1. The van der Waals surface area contributed by atoms with E-state index in [0.717, 1.165) is 12.8 Å². The van der Waals surface area contributed by atoms with Gasteiger partial charge < -0.3 is 25.0 Å². The van der Waals surface area contributed by atoms with Gasteiger partial charge in [0.15, 0.2) is 0 Å². The molecule has 0 spiro atoms. The van der Waals surface area contributed by atoms with Gasteiger partial charge in [0.05, 0.1) is 23.7 Å². The molecule has 190 valence electrons. The van der Waals surface area contributed by atoms with Crippen molar-refractivity contribution in [3.8, 4) is 17.0 Å². The second-order valence-electron chi connectivity index (χ2n) is 9.94. The minimum absolute atomic E-state index is 0.0193. The maximum atomic E-state index is 14.2. The molecule has 3 N–H and O–H groups in total. The van der Waals surface area contributed by atoms with Crippen LogP contribution in [0.3, 0.4) is 0 Å². The molecule has 1 aliphatic carbocycles. The Kier molecular flexibility index (Phi) is 6.38. The Morgan fingerprint density at radius 2 is 2.08 bits per heavy atom. The molecule has 10 heteroatoms. The number of nitrogens with zero attached hydrogens (tertiary/aromatic N) is 3. The Morgan fingerprint density at radius 3 is 2.81 bits per heavy atom. The third-order valence-corrected chi connectivity index (χ3v) is 6.96. The van der Waals surface area contributed by atoms with Crippen LogP contribution in [-0.4, -0.2) is 68.6 Å². The SMILES string of the molecule is Cc1[nH]c2c(-c3cc(F)ccc3OCC3CC3)ncnc2c1C(=O)NC1CN(C(=O)[C@H](C)O)CC1C. The lowest BCUT2D eigenvalue weighted by molar-refractivity contribution is -0.138. The molecule has 36 heavy (non-hydrogen) atoms. The van der Waals surface area contributed by atoms with Crippen LogP contribution in [0.2, 0.25) is 0 Å². The number of aryl methyl sites for hydroxylation is 1. The molecule has 2 aliphatic rings. The molecule has 5 rings (SSSR count). The average Bonchev–Trinajstić information content (AvgIpc) is 3.51. The monoisotopic (exact) mass is 495 g/mol. The average molecular weight is 496 g/mol. The molecular weight excluding hydrogens is 465 g/mol. The second-order valence-corrected chi connectivity index (χ2v) is 9.94. The highest BCUT2D eigenvalue weighted by atomic mass is 19.1. The molecule has 1 saturated heterocycles. The number of ether oxygens (including phenoxy) is 1. The molecule has 3 atom stereocenters. The van der Waals surface area contributed by atoms with Gasteiger partial charge in [-0.3, -0.25) is 9.59 Å². The highest BCUT2D eigenvalue weighted by Gasteiger charge is 2.35. The van der Waals surface area contributed by atoms with Crippen LogP contribution in [0, 0.1) is 24.6 Å². The van der Waals surface area contributed by atoms with Crippen molar-refractivity contribution < 1.29 is 23.8 Å². The third-order valence-electron chi connectivity index (χ3n) is 6.96. The Balaban J connectivity index is 1.44. The van der Waals surface area contributed by atoms with Gasteiger partial charge in [-0.05, 0) is 56.7 Å². The lowest BCUT2D eigenvalue weighted by Gasteiger charge is -2.18. The topological polar surface area (TPSA) is 120 Å². The molecule has 0 radical (unpaired) electrons. The third kappa shape index (κ3) is 4.65. The van der Waals surface area contributed by atoms with E-state index in [2.05, 4.69) is 20.3 Å². The number of aliphatic hydroxyl groups excluding tert-OH is 1. The van der Waals surface area contributed by atoms with Crippen LogP contribution >= 0.6 is 0 Å². The standard InChI is InChI=1S/C26H30FN5O4/c1-13-9-32(26(35)15(3)33)10-19(13)31-25(34)21-14(2)30-24-22(28-12-29-23(21)24)18-8-17(27)6-7-20(18)36-11-16-4-5-16/h6-8,12-13,15-16,19,30,33H,4-5,9-11H2,1-3H3,(H,31,34)/t13?,15-,19?/m0/s1. The number of amides is 2. The Labute approximate surface area is 208 Å². The molecule has 2 amide bonds. The molecule has 2 aromatic heterocycles. The van der Waals surface area contributed by atoms with E-state index in [0.29, 0.717) is 64.9 Å². The number of nitrogens with one attached hydrogen (secondary N) is 2. The van der Waals surface area contributed by atoms with Gasteiger partial charge in [0.25, 0.3) is 11.8 Å². The first kappa shape index (κ1) is 24.2. The number of hydrogen-bond donors (Lipinski definition) is 3. The number of H-pyrrole nitrogens is 1. The first-order valence-electron chi connectivity index (χ1n) is 12.3. The van der Waals surface area contributed by atoms with Crippen molar-refractivity contribution in [2.45, 2.75) is 45.8 Å². The van der Waals surface area contributed by atoms with Crippen LogP contribution in [0.15, 0.2) is 24.5 Å². The Morgan fingerprint density at radius 1 is 1.31 bits per heavy atom. The van der Waals surface area contributed by atoms with E-state index >= 15 is 0 Å². The van der Waals surface area contributed by atoms with Gasteiger partial charge in [0.2, 0.25) is 0 Å². The lowest BCUT2D eigenvalue weighted by atomic mass is 10.1. The first-order valence-corrected chi connectivity index (χ1v) is 12.3. The van der Waals surface area contributed by atoms with E-state index in [4.69, 9.17) is 4.74 Å². The number of likely N-dealkylation sites (tertiary alicyclic amines) is 1. The summed E-state index contributed by atoms with van der Waals surface area (Å²) in [6, 6.07) is 4.08. The smallest absolute Gasteiger partial charge is 0.255 e. The van der Waals surface area contributed by atoms with Crippen molar-refractivity contribution >= 4 is 22.8 Å². The van der Waals surface area contributed by atoms with Crippen LogP contribution in [0.25, 0.3) is 22.3 Å². The lowest BCUT2D eigenvalue weighted by Crippen LogP contribution is -2.42. The van der Waals surface area contributed by atoms with Gasteiger partial charge in [-0.25, -0.2) is 14.4 Å². The summed E-state index contributed by atoms with van der Waals surface area (Å²) >= 11 is 0. The molecule has 3 aromatic rings. The minimum atomic E-state index is -1.08. The number of carbonyl (C=O) groups excluding carboxylic acids is 2. The molecule has 0 bridgehead atoms. The fourth-order valence-corrected chi connectivity index (χ4v) is 4.75. The summed E-state index contributed by atoms with van der Waals surface area (Å²) in [7, 11) is 0. The number of aromatic amines is 1. The van der Waals surface area contributed by atoms with Crippen molar-refractivity contribution in [1.82, 2.24) is 25.2 Å². The quantitative estimate of drug-likeness (QED) is 0.464. The Hall–Kier alpha value is -3.53. The van der Waals surface area contributed by atoms with Crippen molar-refractivity contribution in [1.29, 1.82) is 0 Å². The van der Waals surface area contributed by atoms with Gasteiger partial charge in [-0.1, -0.05) is 6.92 Å². The van der Waals surface area contributed by atoms with Crippen LogP contribution in [-0.2, 0) is 4.79 Å². The molecule has 1 saturated carbocycles. The maximum absolute atomic E-state index is 14.2. The fourth-order valence-electron chi connectivity index (χ4n) is 4.75. The van der Waals surface area contributed by atoms with Crippen molar-refractivity contribution in [3.63, 3.8) is 0 Å². The van der Waals surface area contributed by atoms with Gasteiger partial charge in [-0.15, -0.1) is 0 Å². The van der Waals surface area contributed by atoms with E-state index < -0.39 is 11.9 Å². The normalized spacial score (nSPS) is 20.5. The summed E-state index contributed by atoms with van der Waals surface area (Å²) in [5, 5.41) is 12.7. The predicted octanol–water partition coefficient (Wildman–Crippen LogP) is 2.82. The van der Waals surface area contributed by atoms with Gasteiger partial charge in [-0.2, -0.15) is 0 Å². The Bertz CT molecular complexity index is 1320. The summed E-state index contributed by atoms with van der Waals surface area (Å²) in [5.41, 5.74) is 2.87. The molecule has 1 aromatic carbocycles. The fraction of sp³-hybridized carbons (Fsp3) is 0.462. The van der Waals surface area contributed by atoms with Crippen molar-refractivity contribution in [2.24, 2.45) is 11.8 Å². The highest BCUT2D eigenvalue weighted by molar-refractivity contribution is 6.09. The molecule has 9 nitrogen and oxygen atoms in total. The summed E-state index contributed by atoms with van der Waals surface area (Å²) in [4.78, 5) is 39.1. The number of aromatic nitrogens is 3. The molecular formula is C26H30FN5O4. The zero-order valence-electron chi connectivity index (χ0n) is 20.5. The van der Waals surface area contributed by atoms with Crippen LogP contribution in [0.1, 0.15) is 42.7 Å². The number of rotatable bonds is 7. The number of hydrogen-bond acceptors (Lipinski definition) is 6. The number of aliphatic hydroxyl groups is 1. The molecule has 1 aliphatic heterocycles. The summed E-state index contributed by atoms with van der Waals surface area (Å²) in [5.74, 6) is -0.00966. The molecule has 2 fully saturated rings. The van der Waals surface area contributed by atoms with Gasteiger partial charge in [0.1, 0.15) is 35.2 Å². The summed E-state index contributed by atoms with van der Waals surface area (Å²) < 4.78 is 20.2. The van der Waals surface area contributed by atoms with Gasteiger partial charge in [0, 0.05) is 24.3 Å². The zero-order valence-corrected chi connectivity index (χ0v) is 20.5. The van der Waals surface area contributed by atoms with E-state index in [1.54, 1.807) is 17.9 Å². The van der Waals surface area contributed by atoms with E-state index in [-0.39, 0.29) is 23.8 Å². The highest BCUT2D eigenvalue weighted by Crippen LogP contribution is 2.37. The zero-order chi connectivity index (χ0) is 25.6. The number of halogens is 1. The van der Waals surface area contributed by atoms with E-state index in [1.165, 1.54) is 25.4 Å². The maximum Gasteiger partial charge on any atom is 0.255 e. The van der Waals surface area contributed by atoms with E-state index in [1.807, 2.05) is 6.92 Å². The second kappa shape index (κ2) is 9.50. The predicted molar refractivity (Wildman–Crippen MR) is 131 cm³/mol. The number of carbonyl (C=O) groups is 2. The van der Waals surface area contributed by atoms with Crippen LogP contribution < -0.4 is 10.1 Å². The van der Waals surface area contributed by atoms with Crippen molar-refractivity contribution in [3.05, 3.63) is 41.6 Å². The summed E-state index contributed by atoms with van der Waals surface area (Å²) in [6.45, 7) is 6.51. The van der Waals surface area contributed by atoms with Crippen LogP contribution in [0.5, 0.6) is 5.75 Å².